The molecule has 126 valence electrons. The number of thiophene rings is 3. The van der Waals surface area contributed by atoms with Gasteiger partial charge in [0, 0.05) is 28.9 Å². The standard InChI is InChI=1S/C19H16N2OS3/c1-3-17(23-8-1)15-11-13(20-22-15)12-21-7-5-16-14(6-10-25-16)19(21)18-4-2-9-24-18/h1-4,6,8-11,19H,5,7,12H2. The Hall–Kier alpha value is -1.73. The van der Waals surface area contributed by atoms with Crippen molar-refractivity contribution in [2.24, 2.45) is 0 Å². The lowest BCUT2D eigenvalue weighted by molar-refractivity contribution is 0.203. The molecule has 0 saturated carbocycles. The summed E-state index contributed by atoms with van der Waals surface area (Å²) in [4.78, 5) is 6.58. The number of aromatic nitrogens is 1. The van der Waals surface area contributed by atoms with Gasteiger partial charge in [0.1, 0.15) is 0 Å². The maximum atomic E-state index is 5.57. The van der Waals surface area contributed by atoms with Crippen molar-refractivity contribution in [3.05, 3.63) is 73.6 Å². The molecule has 4 aromatic heterocycles. The number of fused-ring (bicyclic) bond motifs is 1. The molecule has 0 bridgehead atoms. The summed E-state index contributed by atoms with van der Waals surface area (Å²) >= 11 is 5.40. The van der Waals surface area contributed by atoms with Crippen molar-refractivity contribution >= 4 is 34.0 Å². The lowest BCUT2D eigenvalue weighted by Crippen LogP contribution is -2.34. The molecule has 5 rings (SSSR count). The highest BCUT2D eigenvalue weighted by molar-refractivity contribution is 7.13. The van der Waals surface area contributed by atoms with Crippen LogP contribution in [0, 0.1) is 0 Å². The van der Waals surface area contributed by atoms with Crippen LogP contribution in [0.4, 0.5) is 0 Å². The molecule has 3 nitrogen and oxygen atoms in total. The zero-order chi connectivity index (χ0) is 16.6. The second-order valence-corrected chi connectivity index (χ2v) is 9.02. The van der Waals surface area contributed by atoms with Gasteiger partial charge in [-0.1, -0.05) is 17.3 Å². The molecular weight excluding hydrogens is 368 g/mol. The molecule has 0 aromatic carbocycles. The fourth-order valence-electron chi connectivity index (χ4n) is 3.45. The number of hydrogen-bond donors (Lipinski definition) is 0. The molecule has 1 atom stereocenters. The summed E-state index contributed by atoms with van der Waals surface area (Å²) in [6.07, 6.45) is 1.12. The summed E-state index contributed by atoms with van der Waals surface area (Å²) < 4.78 is 5.57. The highest BCUT2D eigenvalue weighted by Gasteiger charge is 2.30. The lowest BCUT2D eigenvalue weighted by atomic mass is 9.98. The van der Waals surface area contributed by atoms with Crippen molar-refractivity contribution in [3.8, 4) is 10.6 Å². The summed E-state index contributed by atoms with van der Waals surface area (Å²) in [5.41, 5.74) is 2.46. The van der Waals surface area contributed by atoms with E-state index >= 15 is 0 Å². The smallest absolute Gasteiger partial charge is 0.177 e. The van der Waals surface area contributed by atoms with Gasteiger partial charge in [-0.3, -0.25) is 4.90 Å². The van der Waals surface area contributed by atoms with Crippen LogP contribution >= 0.6 is 34.0 Å². The molecule has 25 heavy (non-hydrogen) atoms. The van der Waals surface area contributed by atoms with Crippen LogP contribution in [0.3, 0.4) is 0 Å². The van der Waals surface area contributed by atoms with Crippen molar-refractivity contribution < 1.29 is 4.52 Å². The lowest BCUT2D eigenvalue weighted by Gasteiger charge is -2.34. The van der Waals surface area contributed by atoms with Gasteiger partial charge >= 0.3 is 0 Å². The Morgan fingerprint density at radius 3 is 2.84 bits per heavy atom. The van der Waals surface area contributed by atoms with Gasteiger partial charge in [-0.05, 0) is 46.3 Å². The summed E-state index contributed by atoms with van der Waals surface area (Å²) in [5, 5.41) is 10.8. The summed E-state index contributed by atoms with van der Waals surface area (Å²) in [5.74, 6) is 0.867. The summed E-state index contributed by atoms with van der Waals surface area (Å²) in [7, 11) is 0. The van der Waals surface area contributed by atoms with Gasteiger partial charge in [-0.25, -0.2) is 0 Å². The molecule has 0 fully saturated rings. The van der Waals surface area contributed by atoms with E-state index in [-0.39, 0.29) is 0 Å². The van der Waals surface area contributed by atoms with Gasteiger partial charge in [-0.2, -0.15) is 0 Å². The minimum atomic E-state index is 0.330. The van der Waals surface area contributed by atoms with Gasteiger partial charge in [-0.15, -0.1) is 34.0 Å². The molecule has 1 aliphatic heterocycles. The van der Waals surface area contributed by atoms with Gasteiger partial charge < -0.3 is 4.52 Å². The monoisotopic (exact) mass is 384 g/mol. The summed E-state index contributed by atoms with van der Waals surface area (Å²) in [6, 6.07) is 13.2. The van der Waals surface area contributed by atoms with Crippen LogP contribution in [0.5, 0.6) is 0 Å². The number of rotatable bonds is 4. The first-order chi connectivity index (χ1) is 12.4. The number of nitrogens with zero attached hydrogens (tertiary/aromatic N) is 2. The quantitative estimate of drug-likeness (QED) is 0.454. The Balaban J connectivity index is 1.45. The predicted molar refractivity (Wildman–Crippen MR) is 104 cm³/mol. The van der Waals surface area contributed by atoms with Crippen LogP contribution in [-0.4, -0.2) is 16.6 Å². The van der Waals surface area contributed by atoms with Crippen LogP contribution in [0.15, 0.2) is 57.1 Å². The molecule has 5 heterocycles. The average molecular weight is 385 g/mol. The van der Waals surface area contributed by atoms with Crippen molar-refractivity contribution in [1.29, 1.82) is 0 Å². The van der Waals surface area contributed by atoms with E-state index < -0.39 is 0 Å². The van der Waals surface area contributed by atoms with Crippen molar-refractivity contribution in [2.45, 2.75) is 19.0 Å². The van der Waals surface area contributed by atoms with E-state index in [9.17, 15) is 0 Å². The minimum absolute atomic E-state index is 0.330. The first kappa shape index (κ1) is 15.5. The van der Waals surface area contributed by atoms with E-state index in [4.69, 9.17) is 4.52 Å². The van der Waals surface area contributed by atoms with E-state index in [2.05, 4.69) is 56.5 Å². The minimum Gasteiger partial charge on any atom is -0.355 e. The first-order valence-corrected chi connectivity index (χ1v) is 10.9. The number of hydrogen-bond acceptors (Lipinski definition) is 6. The van der Waals surface area contributed by atoms with Crippen LogP contribution in [0.2, 0.25) is 0 Å². The molecule has 1 unspecified atom stereocenters. The van der Waals surface area contributed by atoms with Crippen molar-refractivity contribution in [1.82, 2.24) is 10.1 Å². The molecule has 0 N–H and O–H groups in total. The van der Waals surface area contributed by atoms with E-state index in [1.54, 1.807) is 11.3 Å². The highest BCUT2D eigenvalue weighted by atomic mass is 32.1. The van der Waals surface area contributed by atoms with Crippen LogP contribution < -0.4 is 0 Å². The Kier molecular flexibility index (Phi) is 4.06. The zero-order valence-electron chi connectivity index (χ0n) is 13.4. The predicted octanol–water partition coefficient (Wildman–Crippen LogP) is 5.67. The molecule has 0 saturated heterocycles. The van der Waals surface area contributed by atoms with Crippen LogP contribution in [0.1, 0.15) is 27.1 Å². The SMILES string of the molecule is c1csc(-c2cc(CN3CCc4sccc4C3c3cccs3)no2)c1. The van der Waals surface area contributed by atoms with Crippen molar-refractivity contribution in [2.75, 3.05) is 6.54 Å². The molecule has 0 amide bonds. The molecule has 1 aliphatic rings. The topological polar surface area (TPSA) is 29.3 Å². The van der Waals surface area contributed by atoms with Gasteiger partial charge in [0.05, 0.1) is 16.6 Å². The molecular formula is C19H16N2OS3. The molecule has 6 heteroatoms. The van der Waals surface area contributed by atoms with E-state index in [0.717, 1.165) is 35.8 Å². The third-order valence-corrected chi connectivity index (χ3v) is 7.37. The third kappa shape index (κ3) is 2.89. The maximum absolute atomic E-state index is 5.57. The second kappa shape index (κ2) is 6.53. The second-order valence-electron chi connectivity index (χ2n) is 6.10. The van der Waals surface area contributed by atoms with Crippen molar-refractivity contribution in [3.63, 3.8) is 0 Å². The fourth-order valence-corrected chi connectivity index (χ4v) is 5.90. The first-order valence-electron chi connectivity index (χ1n) is 8.21. The molecule has 0 radical (unpaired) electrons. The molecule has 0 spiro atoms. The average Bonchev–Trinajstić information content (AvgIpc) is 3.39. The fraction of sp³-hybridized carbons (Fsp3) is 0.211. The summed E-state index contributed by atoms with van der Waals surface area (Å²) in [6.45, 7) is 1.87. The Morgan fingerprint density at radius 2 is 2.00 bits per heavy atom. The van der Waals surface area contributed by atoms with Crippen LogP contribution in [0.25, 0.3) is 10.6 Å². The molecule has 0 aliphatic carbocycles. The largest absolute Gasteiger partial charge is 0.355 e. The highest BCUT2D eigenvalue weighted by Crippen LogP contribution is 2.40. The Morgan fingerprint density at radius 1 is 1.08 bits per heavy atom. The van der Waals surface area contributed by atoms with E-state index in [1.165, 1.54) is 15.3 Å². The van der Waals surface area contributed by atoms with E-state index in [1.807, 2.05) is 28.7 Å². The van der Waals surface area contributed by atoms with E-state index in [0.29, 0.717) is 6.04 Å². The molecule has 4 aromatic rings. The van der Waals surface area contributed by atoms with Crippen LogP contribution in [-0.2, 0) is 13.0 Å². The third-order valence-electron chi connectivity index (χ3n) is 4.57. The van der Waals surface area contributed by atoms with Gasteiger partial charge in [0.25, 0.3) is 0 Å². The zero-order valence-corrected chi connectivity index (χ0v) is 15.9. The Bertz CT molecular complexity index is 953. The van der Waals surface area contributed by atoms with Gasteiger partial charge in [0.15, 0.2) is 5.76 Å². The maximum Gasteiger partial charge on any atom is 0.177 e. The normalized spacial score (nSPS) is 17.7. The van der Waals surface area contributed by atoms with Gasteiger partial charge in [0.2, 0.25) is 0 Å². The Labute approximate surface area is 158 Å².